The van der Waals surface area contributed by atoms with Gasteiger partial charge in [-0.15, -0.1) is 5.10 Å². The third kappa shape index (κ3) is 2.91. The van der Waals surface area contributed by atoms with E-state index in [1.807, 2.05) is 0 Å². The van der Waals surface area contributed by atoms with Gasteiger partial charge in [0.15, 0.2) is 0 Å². The number of aliphatic hydroxyl groups is 1. The maximum Gasteiger partial charge on any atom is 0.330 e. The van der Waals surface area contributed by atoms with Crippen molar-refractivity contribution >= 4 is 11.5 Å². The Morgan fingerprint density at radius 1 is 1.81 bits per heavy atom. The second kappa shape index (κ2) is 4.90. The molecule has 1 heterocycles. The molecule has 0 aliphatic heterocycles. The summed E-state index contributed by atoms with van der Waals surface area (Å²) in [4.78, 5) is 10.1. The van der Waals surface area contributed by atoms with Crippen LogP contribution in [0, 0.1) is 10.1 Å². The Kier molecular flexibility index (Phi) is 3.80. The van der Waals surface area contributed by atoms with Gasteiger partial charge in [-0.2, -0.15) is 0 Å². The van der Waals surface area contributed by atoms with Crippen LogP contribution in [0.5, 0.6) is 0 Å². The minimum absolute atomic E-state index is 0.111. The predicted octanol–water partition coefficient (Wildman–Crippen LogP) is -0.552. The molecule has 8 nitrogen and oxygen atoms in total. The van der Waals surface area contributed by atoms with Crippen LogP contribution in [-0.4, -0.2) is 38.5 Å². The first-order valence-electron chi connectivity index (χ1n) is 4.77. The van der Waals surface area contributed by atoms with Crippen molar-refractivity contribution in [3.05, 3.63) is 16.3 Å². The zero-order valence-corrected chi connectivity index (χ0v) is 9.12. The predicted molar refractivity (Wildman–Crippen MR) is 58.0 cm³/mol. The number of rotatable bonds is 5. The molecular weight excluding hydrogens is 214 g/mol. The van der Waals surface area contributed by atoms with Gasteiger partial charge in [-0.05, 0) is 6.92 Å². The summed E-state index contributed by atoms with van der Waals surface area (Å²) in [6.07, 6.45) is 0.617. The van der Waals surface area contributed by atoms with Crippen molar-refractivity contribution in [3.63, 3.8) is 0 Å². The maximum absolute atomic E-state index is 10.6. The van der Waals surface area contributed by atoms with Crippen LogP contribution in [0.3, 0.4) is 0 Å². The summed E-state index contributed by atoms with van der Waals surface area (Å²) in [6, 6.07) is -0.499. The molecule has 1 aromatic heterocycles. The first-order valence-corrected chi connectivity index (χ1v) is 4.77. The summed E-state index contributed by atoms with van der Waals surface area (Å²) >= 11 is 0. The molecule has 0 amide bonds. The van der Waals surface area contributed by atoms with Crippen LogP contribution in [-0.2, 0) is 7.05 Å². The SMILES string of the molecule is CC(O)C(N)CNc1nn(C)cc1[N+](=O)[O-]. The normalized spacial score (nSPS) is 14.5. The topological polar surface area (TPSA) is 119 Å². The Balaban J connectivity index is 2.70. The number of nitrogens with one attached hydrogen (secondary N) is 1. The highest BCUT2D eigenvalue weighted by molar-refractivity contribution is 5.54. The number of nitrogens with zero attached hydrogens (tertiary/aromatic N) is 3. The second-order valence-electron chi connectivity index (χ2n) is 3.58. The molecule has 0 bridgehead atoms. The fraction of sp³-hybridized carbons (Fsp3) is 0.625. The highest BCUT2D eigenvalue weighted by Gasteiger charge is 2.19. The van der Waals surface area contributed by atoms with Gasteiger partial charge in [-0.25, -0.2) is 0 Å². The first kappa shape index (κ1) is 12.4. The summed E-state index contributed by atoms with van der Waals surface area (Å²) in [5.74, 6) is 0.156. The Morgan fingerprint density at radius 3 is 2.94 bits per heavy atom. The Bertz CT molecular complexity index is 376. The molecule has 0 aliphatic rings. The number of anilines is 1. The van der Waals surface area contributed by atoms with Crippen LogP contribution in [0.4, 0.5) is 11.5 Å². The third-order valence-corrected chi connectivity index (χ3v) is 2.13. The number of hydrogen-bond donors (Lipinski definition) is 3. The lowest BCUT2D eigenvalue weighted by Crippen LogP contribution is -2.38. The van der Waals surface area contributed by atoms with Gasteiger partial charge in [-0.1, -0.05) is 0 Å². The van der Waals surface area contributed by atoms with Crippen LogP contribution in [0.1, 0.15) is 6.92 Å². The van der Waals surface area contributed by atoms with E-state index < -0.39 is 17.1 Å². The standard InChI is InChI=1S/C8H15N5O3/c1-5(14)6(9)3-10-8-7(13(15)16)4-12(2)11-8/h4-6,14H,3,9H2,1-2H3,(H,10,11). The van der Waals surface area contributed by atoms with E-state index in [0.717, 1.165) is 0 Å². The molecule has 0 saturated heterocycles. The molecule has 1 aromatic rings. The Morgan fingerprint density at radius 2 is 2.44 bits per heavy atom. The quantitative estimate of drug-likeness (QED) is 0.460. The number of nitro groups is 1. The minimum Gasteiger partial charge on any atom is -0.392 e. The van der Waals surface area contributed by atoms with Crippen molar-refractivity contribution in [2.24, 2.45) is 12.8 Å². The van der Waals surface area contributed by atoms with Crippen molar-refractivity contribution in [1.82, 2.24) is 9.78 Å². The van der Waals surface area contributed by atoms with Crippen molar-refractivity contribution < 1.29 is 10.0 Å². The molecule has 2 atom stereocenters. The number of aliphatic hydroxyl groups excluding tert-OH is 1. The molecule has 90 valence electrons. The summed E-state index contributed by atoms with van der Waals surface area (Å²) in [7, 11) is 1.59. The van der Waals surface area contributed by atoms with Crippen LogP contribution in [0.25, 0.3) is 0 Å². The van der Waals surface area contributed by atoms with E-state index in [9.17, 15) is 10.1 Å². The van der Waals surface area contributed by atoms with Crippen LogP contribution in [0.15, 0.2) is 6.20 Å². The van der Waals surface area contributed by atoms with Gasteiger partial charge in [-0.3, -0.25) is 14.8 Å². The first-order chi connectivity index (χ1) is 7.41. The van der Waals surface area contributed by atoms with Gasteiger partial charge in [0.05, 0.1) is 11.0 Å². The van der Waals surface area contributed by atoms with Crippen molar-refractivity contribution in [1.29, 1.82) is 0 Å². The summed E-state index contributed by atoms with van der Waals surface area (Å²) < 4.78 is 1.34. The molecular formula is C8H15N5O3. The van der Waals surface area contributed by atoms with Gasteiger partial charge in [0.1, 0.15) is 6.20 Å². The maximum atomic E-state index is 10.6. The molecule has 1 rings (SSSR count). The van der Waals surface area contributed by atoms with Crippen LogP contribution >= 0.6 is 0 Å². The lowest BCUT2D eigenvalue weighted by molar-refractivity contribution is -0.384. The zero-order chi connectivity index (χ0) is 12.3. The molecule has 0 aliphatic carbocycles. The van der Waals surface area contributed by atoms with E-state index >= 15 is 0 Å². The average Bonchev–Trinajstić information content (AvgIpc) is 2.56. The molecule has 0 fully saturated rings. The highest BCUT2D eigenvalue weighted by atomic mass is 16.6. The van der Waals surface area contributed by atoms with Crippen molar-refractivity contribution in [3.8, 4) is 0 Å². The largest absolute Gasteiger partial charge is 0.392 e. The van der Waals surface area contributed by atoms with Gasteiger partial charge in [0.25, 0.3) is 0 Å². The van der Waals surface area contributed by atoms with Crippen LogP contribution in [0.2, 0.25) is 0 Å². The summed E-state index contributed by atoms with van der Waals surface area (Å²) in [5, 5.41) is 26.4. The highest BCUT2D eigenvalue weighted by Crippen LogP contribution is 2.21. The minimum atomic E-state index is -0.685. The van der Waals surface area contributed by atoms with E-state index in [1.165, 1.54) is 10.9 Å². The monoisotopic (exact) mass is 229 g/mol. The molecule has 0 aromatic carbocycles. The average molecular weight is 229 g/mol. The number of aryl methyl sites for hydroxylation is 1. The van der Waals surface area contributed by atoms with E-state index in [0.29, 0.717) is 0 Å². The Hall–Kier alpha value is -1.67. The summed E-state index contributed by atoms with van der Waals surface area (Å²) in [5.41, 5.74) is 5.47. The van der Waals surface area contributed by atoms with Crippen LogP contribution < -0.4 is 11.1 Å². The van der Waals surface area contributed by atoms with Crippen molar-refractivity contribution in [2.75, 3.05) is 11.9 Å². The van der Waals surface area contributed by atoms with Gasteiger partial charge in [0.2, 0.25) is 5.82 Å². The fourth-order valence-corrected chi connectivity index (χ4v) is 1.12. The number of nitrogens with two attached hydrogens (primary N) is 1. The zero-order valence-electron chi connectivity index (χ0n) is 9.12. The second-order valence-corrected chi connectivity index (χ2v) is 3.58. The van der Waals surface area contributed by atoms with Crippen molar-refractivity contribution in [2.45, 2.75) is 19.1 Å². The molecule has 8 heteroatoms. The van der Waals surface area contributed by atoms with Gasteiger partial charge < -0.3 is 16.2 Å². The third-order valence-electron chi connectivity index (χ3n) is 2.13. The number of aromatic nitrogens is 2. The fourth-order valence-electron chi connectivity index (χ4n) is 1.12. The number of hydrogen-bond acceptors (Lipinski definition) is 6. The Labute approximate surface area is 92.2 Å². The molecule has 16 heavy (non-hydrogen) atoms. The lowest BCUT2D eigenvalue weighted by atomic mass is 10.2. The molecule has 0 radical (unpaired) electrons. The van der Waals surface area contributed by atoms with E-state index in [1.54, 1.807) is 14.0 Å². The summed E-state index contributed by atoms with van der Waals surface area (Å²) in [6.45, 7) is 1.77. The molecule has 2 unspecified atom stereocenters. The molecule has 0 spiro atoms. The van der Waals surface area contributed by atoms with Gasteiger partial charge in [0, 0.05) is 19.6 Å². The lowest BCUT2D eigenvalue weighted by Gasteiger charge is -2.14. The van der Waals surface area contributed by atoms with Gasteiger partial charge >= 0.3 is 5.69 Å². The van der Waals surface area contributed by atoms with E-state index in [2.05, 4.69) is 10.4 Å². The molecule has 4 N–H and O–H groups in total. The molecule has 0 saturated carbocycles. The van der Waals surface area contributed by atoms with E-state index in [4.69, 9.17) is 10.8 Å². The smallest absolute Gasteiger partial charge is 0.330 e. The van der Waals surface area contributed by atoms with E-state index in [-0.39, 0.29) is 18.1 Å².